The summed E-state index contributed by atoms with van der Waals surface area (Å²) in [7, 11) is 0. The van der Waals surface area contributed by atoms with Crippen LogP contribution in [-0.2, 0) is 19.3 Å². The highest BCUT2D eigenvalue weighted by Gasteiger charge is 2.33. The molecule has 0 aliphatic heterocycles. The number of nitrogens with zero attached hydrogens (tertiary/aromatic N) is 2. The number of anilines is 2. The lowest BCUT2D eigenvalue weighted by atomic mass is 10.1. The first-order valence-electron chi connectivity index (χ1n) is 10.0. The Kier molecular flexibility index (Phi) is 4.93. The molecule has 2 aromatic carbocycles. The first-order chi connectivity index (χ1) is 15.4. The summed E-state index contributed by atoms with van der Waals surface area (Å²) in [6.07, 6.45) is -0.902. The van der Waals surface area contributed by atoms with Crippen LogP contribution in [0.5, 0.6) is 0 Å². The highest BCUT2D eigenvalue weighted by Crippen LogP contribution is 2.30. The lowest BCUT2D eigenvalue weighted by molar-refractivity contribution is -0.141. The molecule has 0 saturated carbocycles. The molecule has 0 aliphatic rings. The van der Waals surface area contributed by atoms with E-state index in [0.717, 1.165) is 39.0 Å². The smallest absolute Gasteiger partial charge is 0.366 e. The van der Waals surface area contributed by atoms with E-state index in [1.807, 2.05) is 60.9 Å². The van der Waals surface area contributed by atoms with Crippen LogP contribution in [0.25, 0.3) is 21.8 Å². The van der Waals surface area contributed by atoms with E-state index in [9.17, 15) is 13.2 Å². The van der Waals surface area contributed by atoms with Gasteiger partial charge in [0.1, 0.15) is 5.82 Å². The number of alkyl halides is 3. The van der Waals surface area contributed by atoms with Crippen molar-refractivity contribution in [2.75, 3.05) is 10.6 Å². The predicted octanol–water partition coefficient (Wildman–Crippen LogP) is 5.68. The van der Waals surface area contributed by atoms with Crippen molar-refractivity contribution < 1.29 is 13.2 Å². The fraction of sp³-hybridized carbons (Fsp3) is 0.130. The second-order valence-electron chi connectivity index (χ2n) is 7.47. The minimum atomic E-state index is -4.58. The standard InChI is InChI=1S/C23H19F3N6/c24-23(25,26)20-11-21(29-12-14-1-3-18-16(9-14)5-7-27-18)32-22(31-20)30-13-15-2-4-19-17(10-15)6-8-28-19/h1-11,27-28H,12-13H2,(H2,29,30,31,32). The minimum absolute atomic E-state index is 0.0856. The number of halogens is 3. The Morgan fingerprint density at radius 1 is 0.719 bits per heavy atom. The third-order valence-corrected chi connectivity index (χ3v) is 5.18. The summed E-state index contributed by atoms with van der Waals surface area (Å²) in [5.74, 6) is 0.0163. The van der Waals surface area contributed by atoms with E-state index in [-0.39, 0.29) is 11.8 Å². The molecule has 5 rings (SSSR count). The van der Waals surface area contributed by atoms with Crippen molar-refractivity contribution in [2.24, 2.45) is 0 Å². The fourth-order valence-electron chi connectivity index (χ4n) is 3.56. The summed E-state index contributed by atoms with van der Waals surface area (Å²) in [6.45, 7) is 0.630. The zero-order valence-electron chi connectivity index (χ0n) is 16.8. The van der Waals surface area contributed by atoms with Gasteiger partial charge in [0.05, 0.1) is 0 Å². The number of hydrogen-bond donors (Lipinski definition) is 4. The molecule has 9 heteroatoms. The van der Waals surface area contributed by atoms with Crippen molar-refractivity contribution in [1.82, 2.24) is 19.9 Å². The summed E-state index contributed by atoms with van der Waals surface area (Å²) >= 11 is 0. The van der Waals surface area contributed by atoms with E-state index in [2.05, 4.69) is 30.6 Å². The molecule has 0 unspecified atom stereocenters. The Morgan fingerprint density at radius 2 is 1.31 bits per heavy atom. The molecule has 0 radical (unpaired) electrons. The molecule has 32 heavy (non-hydrogen) atoms. The zero-order valence-corrected chi connectivity index (χ0v) is 16.8. The third-order valence-electron chi connectivity index (χ3n) is 5.18. The normalized spacial score (nSPS) is 11.8. The monoisotopic (exact) mass is 436 g/mol. The molecule has 3 aromatic heterocycles. The van der Waals surface area contributed by atoms with Crippen LogP contribution in [0.4, 0.5) is 24.9 Å². The minimum Gasteiger partial charge on any atom is -0.366 e. The van der Waals surface area contributed by atoms with E-state index < -0.39 is 11.9 Å². The quantitative estimate of drug-likeness (QED) is 0.276. The summed E-state index contributed by atoms with van der Waals surface area (Å²) in [6, 6.07) is 16.4. The number of rotatable bonds is 6. The first kappa shape index (κ1) is 19.9. The van der Waals surface area contributed by atoms with Crippen molar-refractivity contribution in [1.29, 1.82) is 0 Å². The number of hydrogen-bond acceptors (Lipinski definition) is 4. The summed E-state index contributed by atoms with van der Waals surface area (Å²) in [5.41, 5.74) is 2.83. The highest BCUT2D eigenvalue weighted by molar-refractivity contribution is 5.80. The topological polar surface area (TPSA) is 81.4 Å². The Bertz CT molecular complexity index is 1290. The van der Waals surface area contributed by atoms with Crippen molar-refractivity contribution in [3.63, 3.8) is 0 Å². The third kappa shape index (κ3) is 4.22. The highest BCUT2D eigenvalue weighted by atomic mass is 19.4. The molecule has 6 nitrogen and oxygen atoms in total. The number of nitrogens with one attached hydrogen (secondary N) is 4. The molecule has 0 spiro atoms. The Hall–Kier alpha value is -4.01. The maximum atomic E-state index is 13.4. The molecule has 3 heterocycles. The van der Waals surface area contributed by atoms with Gasteiger partial charge in [0.15, 0.2) is 5.69 Å². The molecule has 0 bridgehead atoms. The van der Waals surface area contributed by atoms with Gasteiger partial charge in [0, 0.05) is 42.6 Å². The van der Waals surface area contributed by atoms with Gasteiger partial charge in [-0.15, -0.1) is 0 Å². The average molecular weight is 436 g/mol. The summed E-state index contributed by atoms with van der Waals surface area (Å²) in [5, 5.41) is 7.95. The maximum Gasteiger partial charge on any atom is 0.433 e. The van der Waals surface area contributed by atoms with E-state index in [1.54, 1.807) is 0 Å². The van der Waals surface area contributed by atoms with Gasteiger partial charge in [-0.2, -0.15) is 18.2 Å². The van der Waals surface area contributed by atoms with E-state index in [0.29, 0.717) is 13.1 Å². The Balaban J connectivity index is 1.35. The molecule has 162 valence electrons. The second-order valence-corrected chi connectivity index (χ2v) is 7.47. The van der Waals surface area contributed by atoms with Crippen LogP contribution in [0.1, 0.15) is 16.8 Å². The van der Waals surface area contributed by atoms with Gasteiger partial charge in [-0.3, -0.25) is 0 Å². The summed E-state index contributed by atoms with van der Waals surface area (Å²) < 4.78 is 40.2. The maximum absolute atomic E-state index is 13.4. The van der Waals surface area contributed by atoms with Crippen molar-refractivity contribution >= 4 is 33.6 Å². The molecule has 4 N–H and O–H groups in total. The molecular formula is C23H19F3N6. The van der Waals surface area contributed by atoms with Crippen molar-refractivity contribution in [3.8, 4) is 0 Å². The van der Waals surface area contributed by atoms with Gasteiger partial charge in [0.2, 0.25) is 5.95 Å². The average Bonchev–Trinajstić information content (AvgIpc) is 3.44. The SMILES string of the molecule is FC(F)(F)c1cc(NCc2ccc3[nH]ccc3c2)nc(NCc2ccc3[nH]ccc3c2)n1. The van der Waals surface area contributed by atoms with Gasteiger partial charge >= 0.3 is 6.18 Å². The van der Waals surface area contributed by atoms with Crippen LogP contribution in [0.2, 0.25) is 0 Å². The van der Waals surface area contributed by atoms with Crippen molar-refractivity contribution in [3.05, 3.63) is 83.8 Å². The van der Waals surface area contributed by atoms with Crippen LogP contribution in [0, 0.1) is 0 Å². The van der Waals surface area contributed by atoms with Gasteiger partial charge in [-0.05, 0) is 58.3 Å². The summed E-state index contributed by atoms with van der Waals surface area (Å²) in [4.78, 5) is 14.1. The lowest BCUT2D eigenvalue weighted by Crippen LogP contribution is -2.14. The van der Waals surface area contributed by atoms with Gasteiger partial charge < -0.3 is 20.6 Å². The predicted molar refractivity (Wildman–Crippen MR) is 118 cm³/mol. The molecule has 0 atom stereocenters. The van der Waals surface area contributed by atoms with Crippen LogP contribution in [0.3, 0.4) is 0 Å². The van der Waals surface area contributed by atoms with Gasteiger partial charge in [0.25, 0.3) is 0 Å². The van der Waals surface area contributed by atoms with E-state index in [4.69, 9.17) is 0 Å². The zero-order chi connectivity index (χ0) is 22.1. The van der Waals surface area contributed by atoms with Crippen LogP contribution in [-0.4, -0.2) is 19.9 Å². The largest absolute Gasteiger partial charge is 0.433 e. The van der Waals surface area contributed by atoms with E-state index in [1.165, 1.54) is 0 Å². The first-order valence-corrected chi connectivity index (χ1v) is 10.0. The van der Waals surface area contributed by atoms with Crippen LogP contribution < -0.4 is 10.6 Å². The number of fused-ring (bicyclic) bond motifs is 2. The molecule has 0 saturated heterocycles. The molecule has 0 fully saturated rings. The Morgan fingerprint density at radius 3 is 1.91 bits per heavy atom. The molecular weight excluding hydrogens is 417 g/mol. The van der Waals surface area contributed by atoms with Crippen molar-refractivity contribution in [2.45, 2.75) is 19.3 Å². The molecule has 0 aliphatic carbocycles. The fourth-order valence-corrected chi connectivity index (χ4v) is 3.56. The number of H-pyrrole nitrogens is 2. The van der Waals surface area contributed by atoms with E-state index >= 15 is 0 Å². The Labute approximate surface area is 180 Å². The molecule has 5 aromatic rings. The second kappa shape index (κ2) is 7.92. The number of benzene rings is 2. The van der Waals surface area contributed by atoms with Gasteiger partial charge in [-0.1, -0.05) is 12.1 Å². The van der Waals surface area contributed by atoms with Crippen LogP contribution >= 0.6 is 0 Å². The number of aromatic amines is 2. The molecule has 0 amide bonds. The van der Waals surface area contributed by atoms with Crippen LogP contribution in [0.15, 0.2) is 67.0 Å². The number of aromatic nitrogens is 4. The van der Waals surface area contributed by atoms with Gasteiger partial charge in [-0.25, -0.2) is 4.98 Å². The lowest BCUT2D eigenvalue weighted by Gasteiger charge is -2.13.